The highest BCUT2D eigenvalue weighted by atomic mass is 16.5. The minimum atomic E-state index is -1.41. The molecule has 8 nitrogen and oxygen atoms in total. The molecule has 0 aliphatic carbocycles. The van der Waals surface area contributed by atoms with Gasteiger partial charge in [-0.15, -0.1) is 0 Å². The number of carboxylic acid groups (broad SMARTS) is 3. The molecule has 0 aliphatic rings. The molecule has 0 aromatic carbocycles. The zero-order valence-electron chi connectivity index (χ0n) is 9.33. The van der Waals surface area contributed by atoms with E-state index in [2.05, 4.69) is 0 Å². The van der Waals surface area contributed by atoms with Crippen LogP contribution in [-0.2, 0) is 19.1 Å². The van der Waals surface area contributed by atoms with Crippen molar-refractivity contribution in [1.82, 2.24) is 4.90 Å². The van der Waals surface area contributed by atoms with E-state index in [1.165, 1.54) is 11.9 Å². The van der Waals surface area contributed by atoms with Crippen LogP contribution in [0.5, 0.6) is 0 Å². The van der Waals surface area contributed by atoms with Crippen LogP contribution in [0.4, 0.5) is 0 Å². The summed E-state index contributed by atoms with van der Waals surface area (Å²) in [6, 6.07) is 0. The van der Waals surface area contributed by atoms with E-state index in [9.17, 15) is 14.4 Å². The first-order chi connectivity index (χ1) is 7.82. The maximum absolute atomic E-state index is 10.6. The van der Waals surface area contributed by atoms with Gasteiger partial charge in [-0.2, -0.15) is 0 Å². The van der Waals surface area contributed by atoms with Crippen molar-refractivity contribution in [3.63, 3.8) is 0 Å². The maximum Gasteiger partial charge on any atom is 0.333 e. The van der Waals surface area contributed by atoms with Crippen molar-refractivity contribution in [2.24, 2.45) is 0 Å². The summed E-state index contributed by atoms with van der Waals surface area (Å²) in [6.45, 7) is -0.0379. The molecule has 0 saturated heterocycles. The Hall–Kier alpha value is -1.67. The minimum Gasteiger partial charge on any atom is -0.481 e. The van der Waals surface area contributed by atoms with E-state index in [1.807, 2.05) is 0 Å². The van der Waals surface area contributed by atoms with E-state index in [0.717, 1.165) is 0 Å². The first-order valence-electron chi connectivity index (χ1n) is 4.79. The van der Waals surface area contributed by atoms with Gasteiger partial charge in [-0.3, -0.25) is 14.5 Å². The molecule has 0 radical (unpaired) electrons. The summed E-state index contributed by atoms with van der Waals surface area (Å²) in [4.78, 5) is 32.6. The average Bonchev–Trinajstić information content (AvgIpc) is 2.13. The number of nitrogens with zero attached hydrogens (tertiary/aromatic N) is 1. The second kappa shape index (κ2) is 7.58. The Morgan fingerprint density at radius 2 is 1.76 bits per heavy atom. The van der Waals surface area contributed by atoms with Gasteiger partial charge in [0.25, 0.3) is 0 Å². The second-order valence-electron chi connectivity index (χ2n) is 3.43. The van der Waals surface area contributed by atoms with Crippen LogP contribution < -0.4 is 0 Å². The molecule has 0 rings (SSSR count). The standard InChI is InChI=1S/C9H15NO7/c1-10(5-8(13)14)2-3-17-6(9(15)16)4-7(11)12/h6H,2-5H2,1H3,(H,11,12)(H,13,14)(H,15,16). The average molecular weight is 249 g/mol. The molecule has 0 aromatic heterocycles. The number of ether oxygens (including phenoxy) is 1. The van der Waals surface area contributed by atoms with Crippen LogP contribution in [0.1, 0.15) is 6.42 Å². The molecule has 0 fully saturated rings. The molecule has 8 heteroatoms. The Balaban J connectivity index is 3.93. The molecule has 17 heavy (non-hydrogen) atoms. The topological polar surface area (TPSA) is 124 Å². The molecular formula is C9H15NO7. The zero-order chi connectivity index (χ0) is 13.4. The Morgan fingerprint density at radius 3 is 2.18 bits per heavy atom. The largest absolute Gasteiger partial charge is 0.481 e. The fourth-order valence-electron chi connectivity index (χ4n) is 1.04. The summed E-state index contributed by atoms with van der Waals surface area (Å²) in [5, 5.41) is 25.5. The SMILES string of the molecule is CN(CCOC(CC(=O)O)C(=O)O)CC(=O)O. The van der Waals surface area contributed by atoms with Crippen LogP contribution in [-0.4, -0.2) is 71.0 Å². The highest BCUT2D eigenvalue weighted by Gasteiger charge is 2.21. The van der Waals surface area contributed by atoms with E-state index >= 15 is 0 Å². The molecule has 0 heterocycles. The highest BCUT2D eigenvalue weighted by Crippen LogP contribution is 1.99. The van der Waals surface area contributed by atoms with E-state index in [0.29, 0.717) is 0 Å². The molecule has 0 amide bonds. The third-order valence-corrected chi connectivity index (χ3v) is 1.83. The van der Waals surface area contributed by atoms with Crippen molar-refractivity contribution in [3.05, 3.63) is 0 Å². The Morgan fingerprint density at radius 1 is 1.18 bits per heavy atom. The first kappa shape index (κ1) is 15.3. The lowest BCUT2D eigenvalue weighted by Crippen LogP contribution is -2.33. The number of aliphatic carboxylic acids is 3. The third kappa shape index (κ3) is 8.17. The van der Waals surface area contributed by atoms with Crippen molar-refractivity contribution in [3.8, 4) is 0 Å². The number of hydrogen-bond donors (Lipinski definition) is 3. The van der Waals surface area contributed by atoms with Crippen LogP contribution in [0.3, 0.4) is 0 Å². The lowest BCUT2D eigenvalue weighted by Gasteiger charge is -2.16. The smallest absolute Gasteiger partial charge is 0.333 e. The van der Waals surface area contributed by atoms with E-state index in [1.54, 1.807) is 0 Å². The van der Waals surface area contributed by atoms with Crippen LogP contribution in [0, 0.1) is 0 Å². The van der Waals surface area contributed by atoms with Crippen LogP contribution in [0.2, 0.25) is 0 Å². The Labute approximate surface area is 97.4 Å². The predicted octanol–water partition coefficient (Wildman–Crippen LogP) is -1.05. The molecule has 0 aromatic rings. The summed E-state index contributed by atoms with van der Waals surface area (Å²) < 4.78 is 4.85. The fourth-order valence-corrected chi connectivity index (χ4v) is 1.04. The molecule has 1 unspecified atom stereocenters. The quantitative estimate of drug-likeness (QED) is 0.472. The van der Waals surface area contributed by atoms with Crippen molar-refractivity contribution < 1.29 is 34.4 Å². The van der Waals surface area contributed by atoms with E-state index in [-0.39, 0.29) is 19.7 Å². The molecule has 0 saturated carbocycles. The van der Waals surface area contributed by atoms with Crippen molar-refractivity contribution in [1.29, 1.82) is 0 Å². The van der Waals surface area contributed by atoms with Crippen LogP contribution in [0.15, 0.2) is 0 Å². The van der Waals surface area contributed by atoms with Crippen molar-refractivity contribution >= 4 is 17.9 Å². The lowest BCUT2D eigenvalue weighted by atomic mass is 10.2. The number of hydrogen-bond acceptors (Lipinski definition) is 5. The number of likely N-dealkylation sites (N-methyl/N-ethyl adjacent to an activating group) is 1. The number of rotatable bonds is 9. The molecule has 0 aliphatic heterocycles. The van der Waals surface area contributed by atoms with Crippen molar-refractivity contribution in [2.75, 3.05) is 26.7 Å². The molecule has 1 atom stereocenters. The van der Waals surface area contributed by atoms with Gasteiger partial charge in [0.05, 0.1) is 19.6 Å². The lowest BCUT2D eigenvalue weighted by molar-refractivity contribution is -0.157. The summed E-state index contributed by atoms with van der Waals surface area (Å²) in [5.41, 5.74) is 0. The molecule has 0 bridgehead atoms. The molecule has 3 N–H and O–H groups in total. The van der Waals surface area contributed by atoms with Crippen LogP contribution in [0.25, 0.3) is 0 Å². The number of carbonyl (C=O) groups is 3. The van der Waals surface area contributed by atoms with Gasteiger partial charge in [0.15, 0.2) is 6.10 Å². The monoisotopic (exact) mass is 249 g/mol. The maximum atomic E-state index is 10.6. The van der Waals surface area contributed by atoms with Gasteiger partial charge in [-0.05, 0) is 7.05 Å². The normalized spacial score (nSPS) is 12.4. The first-order valence-corrected chi connectivity index (χ1v) is 4.79. The Bertz CT molecular complexity index is 291. The van der Waals surface area contributed by atoms with Gasteiger partial charge >= 0.3 is 17.9 Å². The number of carboxylic acids is 3. The van der Waals surface area contributed by atoms with E-state index < -0.39 is 30.4 Å². The summed E-state index contributed by atoms with van der Waals surface area (Å²) in [5.74, 6) is -3.63. The van der Waals surface area contributed by atoms with Crippen LogP contribution >= 0.6 is 0 Å². The highest BCUT2D eigenvalue weighted by molar-refractivity contribution is 5.79. The van der Waals surface area contributed by atoms with Gasteiger partial charge in [0.2, 0.25) is 0 Å². The van der Waals surface area contributed by atoms with Gasteiger partial charge in [0, 0.05) is 6.54 Å². The molecule has 98 valence electrons. The fraction of sp³-hybridized carbons (Fsp3) is 0.667. The Kier molecular flexibility index (Phi) is 6.83. The molecule has 0 spiro atoms. The predicted molar refractivity (Wildman–Crippen MR) is 54.8 cm³/mol. The summed E-state index contributed by atoms with van der Waals surface area (Å²) in [6.07, 6.45) is -2.04. The zero-order valence-corrected chi connectivity index (χ0v) is 9.33. The summed E-state index contributed by atoms with van der Waals surface area (Å²) >= 11 is 0. The summed E-state index contributed by atoms with van der Waals surface area (Å²) in [7, 11) is 1.53. The third-order valence-electron chi connectivity index (χ3n) is 1.83. The van der Waals surface area contributed by atoms with Crippen molar-refractivity contribution in [2.45, 2.75) is 12.5 Å². The van der Waals surface area contributed by atoms with Gasteiger partial charge in [-0.1, -0.05) is 0 Å². The van der Waals surface area contributed by atoms with Gasteiger partial charge in [-0.25, -0.2) is 4.79 Å². The minimum absolute atomic E-state index is 0.0476. The van der Waals surface area contributed by atoms with Gasteiger partial charge in [0.1, 0.15) is 0 Å². The molecular weight excluding hydrogens is 234 g/mol. The van der Waals surface area contributed by atoms with E-state index in [4.69, 9.17) is 20.1 Å². The van der Waals surface area contributed by atoms with Gasteiger partial charge < -0.3 is 20.1 Å². The second-order valence-corrected chi connectivity index (χ2v) is 3.43.